The summed E-state index contributed by atoms with van der Waals surface area (Å²) in [6, 6.07) is 3.27. The minimum atomic E-state index is -3.89. The van der Waals surface area contributed by atoms with Crippen LogP contribution in [0.25, 0.3) is 0 Å². The minimum absolute atomic E-state index is 0.0925. The van der Waals surface area contributed by atoms with Crippen LogP contribution >= 0.6 is 15.9 Å². The normalized spacial score (nSPS) is 11.7. The summed E-state index contributed by atoms with van der Waals surface area (Å²) >= 11 is 3.02. The zero-order valence-electron chi connectivity index (χ0n) is 11.1. The number of hydrogen-bond donors (Lipinski definition) is 0. The molecule has 0 heterocycles. The number of halogens is 2. The summed E-state index contributed by atoms with van der Waals surface area (Å²) in [7, 11) is -3.89. The molecule has 0 fully saturated rings. The summed E-state index contributed by atoms with van der Waals surface area (Å²) in [6.07, 6.45) is 0. The standard InChI is InChI=1S/C12H15BrFNO4S/c1-3-15(8-12(16)19-4-2)20(17,18)11-6-5-9(14)7-10(11)13/h5-7H,3-4,8H2,1-2H3. The van der Waals surface area contributed by atoms with Crippen LogP contribution in [0, 0.1) is 5.82 Å². The van der Waals surface area contributed by atoms with Gasteiger partial charge in [-0.1, -0.05) is 6.92 Å². The molecule has 1 rings (SSSR count). The molecule has 0 radical (unpaired) electrons. The van der Waals surface area contributed by atoms with E-state index < -0.39 is 21.8 Å². The molecule has 0 atom stereocenters. The molecule has 0 aliphatic rings. The highest BCUT2D eigenvalue weighted by Gasteiger charge is 2.27. The molecule has 1 aromatic carbocycles. The van der Waals surface area contributed by atoms with E-state index in [4.69, 9.17) is 4.74 Å². The molecule has 0 N–H and O–H groups in total. The Morgan fingerprint density at radius 1 is 1.40 bits per heavy atom. The lowest BCUT2D eigenvalue weighted by Crippen LogP contribution is -2.36. The Labute approximate surface area is 125 Å². The monoisotopic (exact) mass is 367 g/mol. The van der Waals surface area contributed by atoms with Gasteiger partial charge in [-0.3, -0.25) is 4.79 Å². The number of carbonyl (C=O) groups excluding carboxylic acids is 1. The Morgan fingerprint density at radius 3 is 2.55 bits per heavy atom. The number of ether oxygens (including phenoxy) is 1. The van der Waals surface area contributed by atoms with Crippen LogP contribution < -0.4 is 0 Å². The van der Waals surface area contributed by atoms with Gasteiger partial charge in [0.05, 0.1) is 11.5 Å². The number of rotatable bonds is 6. The summed E-state index contributed by atoms with van der Waals surface area (Å²) in [6.45, 7) is 3.14. The molecule has 5 nitrogen and oxygen atoms in total. The van der Waals surface area contributed by atoms with E-state index in [0.717, 1.165) is 22.5 Å². The third kappa shape index (κ3) is 4.00. The van der Waals surface area contributed by atoms with Crippen molar-refractivity contribution in [1.29, 1.82) is 0 Å². The maximum absolute atomic E-state index is 13.0. The second-order valence-electron chi connectivity index (χ2n) is 3.81. The number of benzene rings is 1. The third-order valence-corrected chi connectivity index (χ3v) is 5.37. The van der Waals surface area contributed by atoms with E-state index in [1.807, 2.05) is 0 Å². The van der Waals surface area contributed by atoms with Crippen molar-refractivity contribution in [1.82, 2.24) is 4.31 Å². The SMILES string of the molecule is CCOC(=O)CN(CC)S(=O)(=O)c1ccc(F)cc1Br. The van der Waals surface area contributed by atoms with E-state index in [-0.39, 0.29) is 29.1 Å². The van der Waals surface area contributed by atoms with Crippen molar-refractivity contribution in [3.8, 4) is 0 Å². The number of esters is 1. The van der Waals surface area contributed by atoms with Crippen LogP contribution in [-0.2, 0) is 19.6 Å². The van der Waals surface area contributed by atoms with Gasteiger partial charge in [-0.15, -0.1) is 0 Å². The van der Waals surface area contributed by atoms with Crippen molar-refractivity contribution in [2.24, 2.45) is 0 Å². The van der Waals surface area contributed by atoms with E-state index in [1.165, 1.54) is 0 Å². The molecule has 0 amide bonds. The Kier molecular flexibility index (Phi) is 6.09. The Hall–Kier alpha value is -0.990. The molecule has 0 unspecified atom stereocenters. The van der Waals surface area contributed by atoms with Gasteiger partial charge in [0.1, 0.15) is 12.4 Å². The number of carbonyl (C=O) groups is 1. The van der Waals surface area contributed by atoms with Gasteiger partial charge in [-0.2, -0.15) is 4.31 Å². The summed E-state index contributed by atoms with van der Waals surface area (Å²) in [5.74, 6) is -1.18. The quantitative estimate of drug-likeness (QED) is 0.722. The molecule has 8 heteroatoms. The molecule has 20 heavy (non-hydrogen) atoms. The van der Waals surface area contributed by atoms with Gasteiger partial charge in [0, 0.05) is 11.0 Å². The second-order valence-corrected chi connectivity index (χ2v) is 6.57. The van der Waals surface area contributed by atoms with Crippen molar-refractivity contribution >= 4 is 31.9 Å². The van der Waals surface area contributed by atoms with Gasteiger partial charge in [0.15, 0.2) is 0 Å². The molecule has 0 aromatic heterocycles. The van der Waals surface area contributed by atoms with Crippen LogP contribution in [0.4, 0.5) is 4.39 Å². The van der Waals surface area contributed by atoms with Crippen molar-refractivity contribution in [2.75, 3.05) is 19.7 Å². The van der Waals surface area contributed by atoms with E-state index in [0.29, 0.717) is 0 Å². The van der Waals surface area contributed by atoms with Crippen LogP contribution in [0.1, 0.15) is 13.8 Å². The highest BCUT2D eigenvalue weighted by molar-refractivity contribution is 9.10. The molecule has 1 aromatic rings. The molecular weight excluding hydrogens is 353 g/mol. The first kappa shape index (κ1) is 17.1. The fourth-order valence-corrected chi connectivity index (χ4v) is 3.94. The first-order valence-corrected chi connectivity index (χ1v) is 8.17. The number of nitrogens with zero attached hydrogens (tertiary/aromatic N) is 1. The van der Waals surface area contributed by atoms with E-state index in [2.05, 4.69) is 15.9 Å². The van der Waals surface area contributed by atoms with Crippen molar-refractivity contribution in [3.05, 3.63) is 28.5 Å². The Morgan fingerprint density at radius 2 is 2.05 bits per heavy atom. The highest BCUT2D eigenvalue weighted by atomic mass is 79.9. The van der Waals surface area contributed by atoms with E-state index in [1.54, 1.807) is 13.8 Å². The smallest absolute Gasteiger partial charge is 0.321 e. The fourth-order valence-electron chi connectivity index (χ4n) is 1.54. The van der Waals surface area contributed by atoms with Crippen LogP contribution in [0.15, 0.2) is 27.6 Å². The van der Waals surface area contributed by atoms with Crippen LogP contribution in [0.3, 0.4) is 0 Å². The fraction of sp³-hybridized carbons (Fsp3) is 0.417. The number of likely N-dealkylation sites (N-methyl/N-ethyl adjacent to an activating group) is 1. The lowest BCUT2D eigenvalue weighted by Gasteiger charge is -2.20. The number of sulfonamides is 1. The molecule has 0 saturated heterocycles. The zero-order chi connectivity index (χ0) is 15.3. The molecule has 0 aliphatic heterocycles. The van der Waals surface area contributed by atoms with Gasteiger partial charge < -0.3 is 4.74 Å². The van der Waals surface area contributed by atoms with Gasteiger partial charge in [0.25, 0.3) is 0 Å². The van der Waals surface area contributed by atoms with Gasteiger partial charge in [-0.25, -0.2) is 12.8 Å². The number of hydrogen-bond acceptors (Lipinski definition) is 4. The summed E-state index contributed by atoms with van der Waals surface area (Å²) < 4.78 is 43.6. The summed E-state index contributed by atoms with van der Waals surface area (Å²) in [5.41, 5.74) is 0. The van der Waals surface area contributed by atoms with Crippen LogP contribution in [0.5, 0.6) is 0 Å². The zero-order valence-corrected chi connectivity index (χ0v) is 13.5. The predicted octanol–water partition coefficient (Wildman–Crippen LogP) is 2.16. The molecule has 0 saturated carbocycles. The molecule has 0 spiro atoms. The summed E-state index contributed by atoms with van der Waals surface area (Å²) in [4.78, 5) is 11.3. The largest absolute Gasteiger partial charge is 0.465 e. The topological polar surface area (TPSA) is 63.7 Å². The van der Waals surface area contributed by atoms with Gasteiger partial charge in [0.2, 0.25) is 10.0 Å². The van der Waals surface area contributed by atoms with E-state index in [9.17, 15) is 17.6 Å². The lowest BCUT2D eigenvalue weighted by molar-refractivity contribution is -0.143. The van der Waals surface area contributed by atoms with Gasteiger partial charge in [-0.05, 0) is 41.1 Å². The van der Waals surface area contributed by atoms with Crippen LogP contribution in [0.2, 0.25) is 0 Å². The first-order chi connectivity index (χ1) is 9.32. The summed E-state index contributed by atoms with van der Waals surface area (Å²) in [5, 5.41) is 0. The average molecular weight is 368 g/mol. The minimum Gasteiger partial charge on any atom is -0.465 e. The molecule has 0 bridgehead atoms. The predicted molar refractivity (Wildman–Crippen MR) is 75.2 cm³/mol. The van der Waals surface area contributed by atoms with Crippen molar-refractivity contribution in [3.63, 3.8) is 0 Å². The highest BCUT2D eigenvalue weighted by Crippen LogP contribution is 2.25. The van der Waals surface area contributed by atoms with Crippen LogP contribution in [-0.4, -0.2) is 38.4 Å². The Balaban J connectivity index is 3.09. The van der Waals surface area contributed by atoms with E-state index >= 15 is 0 Å². The maximum atomic E-state index is 13.0. The van der Waals surface area contributed by atoms with Crippen molar-refractivity contribution < 1.29 is 22.3 Å². The first-order valence-electron chi connectivity index (χ1n) is 5.93. The molecule has 112 valence electrons. The second kappa shape index (κ2) is 7.14. The lowest BCUT2D eigenvalue weighted by atomic mass is 10.3. The van der Waals surface area contributed by atoms with Gasteiger partial charge >= 0.3 is 5.97 Å². The third-order valence-electron chi connectivity index (χ3n) is 2.48. The molecular formula is C12H15BrFNO4S. The molecule has 0 aliphatic carbocycles. The van der Waals surface area contributed by atoms with Crippen molar-refractivity contribution in [2.45, 2.75) is 18.7 Å². The average Bonchev–Trinajstić information content (AvgIpc) is 2.35. The Bertz CT molecular complexity index is 591. The maximum Gasteiger partial charge on any atom is 0.321 e.